The van der Waals surface area contributed by atoms with Gasteiger partial charge in [0, 0.05) is 25.1 Å². The average Bonchev–Trinajstić information content (AvgIpc) is 2.91. The second kappa shape index (κ2) is 9.64. The summed E-state index contributed by atoms with van der Waals surface area (Å²) in [5.74, 6) is 1.37. The Bertz CT molecular complexity index is 591. The van der Waals surface area contributed by atoms with E-state index >= 15 is 0 Å². The van der Waals surface area contributed by atoms with Crippen molar-refractivity contribution >= 4 is 40.1 Å². The van der Waals surface area contributed by atoms with E-state index in [4.69, 9.17) is 17.0 Å². The molecular weight excluding hydrogens is 344 g/mol. The molecule has 1 aliphatic heterocycles. The van der Waals surface area contributed by atoms with Gasteiger partial charge >= 0.3 is 0 Å². The fraction of sp³-hybridized carbons (Fsp3) is 0.471. The van der Waals surface area contributed by atoms with Gasteiger partial charge in [-0.15, -0.1) is 0 Å². The maximum Gasteiger partial charge on any atom is 0.238 e. The normalized spacial score (nSPS) is 14.1. The number of nitrogens with zero attached hydrogens (tertiary/aromatic N) is 1. The summed E-state index contributed by atoms with van der Waals surface area (Å²) in [4.78, 5) is 25.1. The van der Waals surface area contributed by atoms with Gasteiger partial charge in [0.1, 0.15) is 10.1 Å². The minimum atomic E-state index is 0.0317. The predicted octanol–water partition coefficient (Wildman–Crippen LogP) is 2.73. The number of hydrogen-bond donors (Lipinski definition) is 1. The summed E-state index contributed by atoms with van der Waals surface area (Å²) in [7, 11) is 1.62. The first-order chi connectivity index (χ1) is 11.6. The molecule has 0 unspecified atom stereocenters. The average molecular weight is 367 g/mol. The summed E-state index contributed by atoms with van der Waals surface area (Å²) < 4.78 is 5.94. The number of methoxy groups -OCH3 is 1. The van der Waals surface area contributed by atoms with Crippen LogP contribution in [-0.4, -0.2) is 40.4 Å². The van der Waals surface area contributed by atoms with Crippen LogP contribution in [0.5, 0.6) is 5.75 Å². The molecule has 1 aliphatic rings. The lowest BCUT2D eigenvalue weighted by molar-refractivity contribution is -0.124. The summed E-state index contributed by atoms with van der Waals surface area (Å²) in [5.41, 5.74) is 0.965. The molecule has 130 valence electrons. The van der Waals surface area contributed by atoms with Crippen LogP contribution in [0.25, 0.3) is 0 Å². The number of unbranched alkanes of at least 4 members (excludes halogenated alkanes) is 2. The van der Waals surface area contributed by atoms with Gasteiger partial charge < -0.3 is 10.1 Å². The summed E-state index contributed by atoms with van der Waals surface area (Å²) in [5, 5.41) is 2.91. The van der Waals surface area contributed by atoms with Crippen molar-refractivity contribution in [2.24, 2.45) is 0 Å². The molecule has 0 aliphatic carbocycles. The van der Waals surface area contributed by atoms with Crippen molar-refractivity contribution < 1.29 is 14.3 Å². The second-order valence-electron chi connectivity index (χ2n) is 5.50. The highest BCUT2D eigenvalue weighted by Crippen LogP contribution is 2.20. The van der Waals surface area contributed by atoms with E-state index in [9.17, 15) is 9.59 Å². The monoisotopic (exact) mass is 366 g/mol. The van der Waals surface area contributed by atoms with Crippen molar-refractivity contribution in [3.63, 3.8) is 0 Å². The van der Waals surface area contributed by atoms with Gasteiger partial charge in [0.2, 0.25) is 11.8 Å². The Morgan fingerprint density at radius 1 is 1.33 bits per heavy atom. The Morgan fingerprint density at radius 2 is 2.12 bits per heavy atom. The molecule has 1 saturated heterocycles. The minimum absolute atomic E-state index is 0.0317. The first-order valence-electron chi connectivity index (χ1n) is 7.97. The third-order valence-corrected chi connectivity index (χ3v) is 5.23. The quantitative estimate of drug-likeness (QED) is 0.538. The van der Waals surface area contributed by atoms with Crippen LogP contribution in [0.4, 0.5) is 0 Å². The number of ether oxygens (including phenoxy) is 1. The molecule has 0 atom stereocenters. The molecule has 5 nitrogen and oxygen atoms in total. The highest BCUT2D eigenvalue weighted by Gasteiger charge is 2.25. The number of benzene rings is 1. The van der Waals surface area contributed by atoms with Crippen LogP contribution in [0.15, 0.2) is 24.3 Å². The molecule has 2 amide bonds. The van der Waals surface area contributed by atoms with E-state index in [1.165, 1.54) is 11.8 Å². The standard InChI is InChI=1S/C17H22N2O3S2/c1-22-14-8-5-4-7-13(14)11-18-15(20)9-3-2-6-10-19-16(21)12-24-17(19)23/h4-5,7-8H,2-3,6,9-12H2,1H3,(H,18,20). The van der Waals surface area contributed by atoms with E-state index in [1.807, 2.05) is 24.3 Å². The van der Waals surface area contributed by atoms with Gasteiger partial charge in [-0.25, -0.2) is 0 Å². The largest absolute Gasteiger partial charge is 0.496 e. The van der Waals surface area contributed by atoms with Crippen LogP contribution in [0, 0.1) is 0 Å². The van der Waals surface area contributed by atoms with Crippen molar-refractivity contribution in [1.29, 1.82) is 0 Å². The van der Waals surface area contributed by atoms with Crippen LogP contribution < -0.4 is 10.1 Å². The number of thiocarbonyl (C=S) groups is 1. The number of rotatable bonds is 9. The van der Waals surface area contributed by atoms with Crippen LogP contribution in [0.2, 0.25) is 0 Å². The first-order valence-corrected chi connectivity index (χ1v) is 9.37. The van der Waals surface area contributed by atoms with Gasteiger partial charge in [-0.3, -0.25) is 14.5 Å². The zero-order chi connectivity index (χ0) is 17.4. The van der Waals surface area contributed by atoms with E-state index in [0.717, 1.165) is 30.6 Å². The SMILES string of the molecule is COc1ccccc1CNC(=O)CCCCCN1C(=O)CSC1=S. The zero-order valence-corrected chi connectivity index (χ0v) is 15.4. The Morgan fingerprint density at radius 3 is 2.83 bits per heavy atom. The lowest BCUT2D eigenvalue weighted by Crippen LogP contribution is -2.29. The molecule has 1 heterocycles. The number of carbonyl (C=O) groups excluding carboxylic acids is 2. The van der Waals surface area contributed by atoms with E-state index in [1.54, 1.807) is 12.0 Å². The fourth-order valence-corrected chi connectivity index (χ4v) is 3.58. The van der Waals surface area contributed by atoms with Gasteiger partial charge in [0.15, 0.2) is 0 Å². The third-order valence-electron chi connectivity index (χ3n) is 3.79. The van der Waals surface area contributed by atoms with Crippen molar-refractivity contribution in [3.05, 3.63) is 29.8 Å². The molecular formula is C17H22N2O3S2. The number of hydrogen-bond acceptors (Lipinski definition) is 5. The molecule has 7 heteroatoms. The smallest absolute Gasteiger partial charge is 0.238 e. The van der Waals surface area contributed by atoms with E-state index in [2.05, 4.69) is 5.32 Å². The molecule has 24 heavy (non-hydrogen) atoms. The van der Waals surface area contributed by atoms with E-state index in [-0.39, 0.29) is 11.8 Å². The van der Waals surface area contributed by atoms with E-state index < -0.39 is 0 Å². The Kier molecular flexibility index (Phi) is 7.52. The van der Waals surface area contributed by atoms with E-state index in [0.29, 0.717) is 29.6 Å². The molecule has 1 aromatic carbocycles. The highest BCUT2D eigenvalue weighted by molar-refractivity contribution is 8.23. The van der Waals surface area contributed by atoms with Crippen molar-refractivity contribution in [2.75, 3.05) is 19.4 Å². The van der Waals surface area contributed by atoms with Crippen LogP contribution in [0.3, 0.4) is 0 Å². The van der Waals surface area contributed by atoms with Crippen LogP contribution >= 0.6 is 24.0 Å². The molecule has 0 radical (unpaired) electrons. The number of para-hydroxylation sites is 1. The van der Waals surface area contributed by atoms with Gasteiger partial charge in [-0.05, 0) is 18.9 Å². The Hall–Kier alpha value is -1.60. The predicted molar refractivity (Wildman–Crippen MR) is 100 cm³/mol. The molecule has 1 N–H and O–H groups in total. The third kappa shape index (κ3) is 5.49. The fourth-order valence-electron chi connectivity index (χ4n) is 2.46. The van der Waals surface area contributed by atoms with Gasteiger partial charge in [0.25, 0.3) is 0 Å². The highest BCUT2D eigenvalue weighted by atomic mass is 32.2. The minimum Gasteiger partial charge on any atom is -0.496 e. The summed E-state index contributed by atoms with van der Waals surface area (Å²) in [6, 6.07) is 7.64. The van der Waals surface area contributed by atoms with Crippen LogP contribution in [-0.2, 0) is 16.1 Å². The van der Waals surface area contributed by atoms with Gasteiger partial charge in [0.05, 0.1) is 12.9 Å². The molecule has 0 saturated carbocycles. The first kappa shape index (κ1) is 18.7. The zero-order valence-electron chi connectivity index (χ0n) is 13.7. The Labute approximate surface area is 152 Å². The number of carbonyl (C=O) groups is 2. The summed E-state index contributed by atoms with van der Waals surface area (Å²) in [6.45, 7) is 1.13. The number of thioether (sulfide) groups is 1. The molecule has 1 fully saturated rings. The lowest BCUT2D eigenvalue weighted by Gasteiger charge is -2.14. The van der Waals surface area contributed by atoms with Crippen LogP contribution in [0.1, 0.15) is 31.2 Å². The summed E-state index contributed by atoms with van der Waals surface area (Å²) in [6.07, 6.45) is 3.06. The molecule has 2 rings (SSSR count). The summed E-state index contributed by atoms with van der Waals surface area (Å²) >= 11 is 6.56. The van der Waals surface area contributed by atoms with Crippen molar-refractivity contribution in [2.45, 2.75) is 32.2 Å². The van der Waals surface area contributed by atoms with Gasteiger partial charge in [-0.2, -0.15) is 0 Å². The topological polar surface area (TPSA) is 58.6 Å². The maximum absolute atomic E-state index is 11.9. The second-order valence-corrected chi connectivity index (χ2v) is 7.11. The molecule has 0 bridgehead atoms. The van der Waals surface area contributed by atoms with Crippen molar-refractivity contribution in [1.82, 2.24) is 10.2 Å². The Balaban J connectivity index is 1.60. The van der Waals surface area contributed by atoms with Gasteiger partial charge in [-0.1, -0.05) is 48.6 Å². The number of amides is 2. The lowest BCUT2D eigenvalue weighted by atomic mass is 10.1. The molecule has 1 aromatic rings. The molecule has 0 aromatic heterocycles. The van der Waals surface area contributed by atoms with Crippen molar-refractivity contribution in [3.8, 4) is 5.75 Å². The number of nitrogens with one attached hydrogen (secondary N) is 1. The maximum atomic E-state index is 11.9. The molecule has 0 spiro atoms.